The highest BCUT2D eigenvalue weighted by Gasteiger charge is 2.12. The molecule has 3 rings (SSSR count). The van der Waals surface area contributed by atoms with Gasteiger partial charge in [-0.15, -0.1) is 0 Å². The maximum atomic E-state index is 11.9. The Morgan fingerprint density at radius 3 is 2.81 bits per heavy atom. The van der Waals surface area contributed by atoms with Crippen LogP contribution in [-0.4, -0.2) is 21.3 Å². The molecule has 0 bridgehead atoms. The van der Waals surface area contributed by atoms with E-state index in [1.54, 1.807) is 31.2 Å². The summed E-state index contributed by atoms with van der Waals surface area (Å²) >= 11 is 0. The highest BCUT2D eigenvalue weighted by atomic mass is 16.5. The van der Waals surface area contributed by atoms with E-state index in [1.165, 1.54) is 0 Å². The Hall–Kier alpha value is -2.96. The first-order valence-electron chi connectivity index (χ1n) is 6.33. The number of rotatable bonds is 3. The summed E-state index contributed by atoms with van der Waals surface area (Å²) in [5, 5.41) is 14.0. The van der Waals surface area contributed by atoms with E-state index in [-0.39, 0.29) is 23.7 Å². The van der Waals surface area contributed by atoms with Crippen molar-refractivity contribution in [1.29, 1.82) is 0 Å². The van der Waals surface area contributed by atoms with E-state index in [4.69, 9.17) is 4.52 Å². The van der Waals surface area contributed by atoms with Gasteiger partial charge in [0.2, 0.25) is 0 Å². The predicted molar refractivity (Wildman–Crippen MR) is 74.8 cm³/mol. The zero-order valence-electron chi connectivity index (χ0n) is 11.2. The molecule has 1 aromatic carbocycles. The van der Waals surface area contributed by atoms with Gasteiger partial charge in [0, 0.05) is 11.5 Å². The van der Waals surface area contributed by atoms with Crippen LogP contribution in [-0.2, 0) is 6.54 Å². The number of amides is 1. The fourth-order valence-electron chi connectivity index (χ4n) is 2.03. The number of aromatic nitrogens is 3. The quantitative estimate of drug-likeness (QED) is 0.751. The van der Waals surface area contributed by atoms with Crippen LogP contribution in [0.4, 0.5) is 0 Å². The van der Waals surface area contributed by atoms with E-state index in [1.807, 2.05) is 6.07 Å². The first kappa shape index (κ1) is 13.0. The van der Waals surface area contributed by atoms with Crippen molar-refractivity contribution in [2.24, 2.45) is 0 Å². The number of nitrogens with one attached hydrogen (secondary N) is 2. The van der Waals surface area contributed by atoms with Crippen LogP contribution in [0.15, 0.2) is 39.6 Å². The molecule has 0 radical (unpaired) electrons. The van der Waals surface area contributed by atoms with Crippen LogP contribution in [0, 0.1) is 6.92 Å². The largest absolute Gasteiger partial charge is 0.361 e. The molecule has 0 aliphatic carbocycles. The van der Waals surface area contributed by atoms with Crippen molar-refractivity contribution in [2.45, 2.75) is 13.5 Å². The molecule has 3 aromatic rings. The molecule has 0 aliphatic heterocycles. The number of hydrogen-bond acceptors (Lipinski definition) is 5. The number of benzene rings is 1. The first-order valence-corrected chi connectivity index (χ1v) is 6.33. The fourth-order valence-corrected chi connectivity index (χ4v) is 2.03. The Bertz CT molecular complexity index is 866. The molecular weight excluding hydrogens is 272 g/mol. The second-order valence-electron chi connectivity index (χ2n) is 4.55. The number of nitrogens with zero attached hydrogens (tertiary/aromatic N) is 2. The molecule has 2 aromatic heterocycles. The topological polar surface area (TPSA) is 101 Å². The average Bonchev–Trinajstić information content (AvgIpc) is 2.93. The number of carbonyl (C=O) groups excluding carboxylic acids is 1. The number of carbonyl (C=O) groups is 1. The van der Waals surface area contributed by atoms with E-state index in [0.29, 0.717) is 22.2 Å². The number of H-pyrrole nitrogens is 1. The molecule has 106 valence electrons. The Balaban J connectivity index is 1.84. The van der Waals surface area contributed by atoms with Crippen LogP contribution in [0.2, 0.25) is 0 Å². The van der Waals surface area contributed by atoms with E-state index in [0.717, 1.165) is 0 Å². The molecule has 21 heavy (non-hydrogen) atoms. The molecule has 0 spiro atoms. The van der Waals surface area contributed by atoms with Crippen molar-refractivity contribution in [3.05, 3.63) is 57.8 Å². The van der Waals surface area contributed by atoms with Crippen molar-refractivity contribution in [3.63, 3.8) is 0 Å². The van der Waals surface area contributed by atoms with Crippen LogP contribution in [0.25, 0.3) is 10.8 Å². The third-order valence-corrected chi connectivity index (χ3v) is 3.05. The third-order valence-electron chi connectivity index (χ3n) is 3.05. The summed E-state index contributed by atoms with van der Waals surface area (Å²) < 4.78 is 4.85. The van der Waals surface area contributed by atoms with E-state index >= 15 is 0 Å². The minimum absolute atomic E-state index is 0.183. The standard InChI is InChI=1S/C14H12N4O3/c1-8-6-11(18-21-8)14(20)15-7-12-9-4-2-3-5-10(9)13(19)17-16-12/h2-6H,7H2,1H3,(H,15,20)(H,17,19). The van der Waals surface area contributed by atoms with Gasteiger partial charge in [0.15, 0.2) is 5.69 Å². The summed E-state index contributed by atoms with van der Waals surface area (Å²) in [5.74, 6) is 0.205. The van der Waals surface area contributed by atoms with Crippen LogP contribution in [0.1, 0.15) is 21.9 Å². The SMILES string of the molecule is Cc1cc(C(=O)NCc2n[nH]c(=O)c3ccccc23)no1. The number of hydrogen-bond donors (Lipinski definition) is 2. The lowest BCUT2D eigenvalue weighted by atomic mass is 10.1. The third kappa shape index (κ3) is 2.53. The van der Waals surface area contributed by atoms with Crippen LogP contribution in [0.3, 0.4) is 0 Å². The van der Waals surface area contributed by atoms with E-state index in [9.17, 15) is 9.59 Å². The Morgan fingerprint density at radius 1 is 1.33 bits per heavy atom. The molecule has 0 atom stereocenters. The zero-order chi connectivity index (χ0) is 14.8. The molecule has 0 saturated heterocycles. The van der Waals surface area contributed by atoms with Crippen LogP contribution >= 0.6 is 0 Å². The monoisotopic (exact) mass is 284 g/mol. The molecule has 0 aliphatic rings. The minimum atomic E-state index is -0.357. The minimum Gasteiger partial charge on any atom is -0.361 e. The number of aryl methyl sites for hydroxylation is 1. The van der Waals surface area contributed by atoms with Gasteiger partial charge in [0.1, 0.15) is 5.76 Å². The summed E-state index contributed by atoms with van der Waals surface area (Å²) in [6, 6.07) is 8.64. The fraction of sp³-hybridized carbons (Fsp3) is 0.143. The first-order chi connectivity index (χ1) is 10.1. The molecule has 7 heteroatoms. The Kier molecular flexibility index (Phi) is 3.23. The van der Waals surface area contributed by atoms with Crippen molar-refractivity contribution in [1.82, 2.24) is 20.7 Å². The summed E-state index contributed by atoms with van der Waals surface area (Å²) in [6.45, 7) is 1.89. The Labute approximate surface area is 119 Å². The summed E-state index contributed by atoms with van der Waals surface area (Å²) in [4.78, 5) is 23.6. The molecule has 2 N–H and O–H groups in total. The molecule has 7 nitrogen and oxygen atoms in total. The number of aromatic amines is 1. The number of fused-ring (bicyclic) bond motifs is 1. The molecule has 0 unspecified atom stereocenters. The lowest BCUT2D eigenvalue weighted by molar-refractivity contribution is 0.0941. The van der Waals surface area contributed by atoms with Crippen molar-refractivity contribution < 1.29 is 9.32 Å². The van der Waals surface area contributed by atoms with Gasteiger partial charge in [-0.3, -0.25) is 9.59 Å². The van der Waals surface area contributed by atoms with Gasteiger partial charge < -0.3 is 9.84 Å². The second kappa shape index (κ2) is 5.20. The second-order valence-corrected chi connectivity index (χ2v) is 4.55. The highest BCUT2D eigenvalue weighted by Crippen LogP contribution is 2.12. The lowest BCUT2D eigenvalue weighted by Gasteiger charge is -2.05. The van der Waals surface area contributed by atoms with Crippen LogP contribution in [0.5, 0.6) is 0 Å². The van der Waals surface area contributed by atoms with Crippen LogP contribution < -0.4 is 10.9 Å². The van der Waals surface area contributed by atoms with Gasteiger partial charge in [-0.2, -0.15) is 5.10 Å². The molecule has 2 heterocycles. The summed E-state index contributed by atoms with van der Waals surface area (Å²) in [6.07, 6.45) is 0. The average molecular weight is 284 g/mol. The maximum absolute atomic E-state index is 11.9. The lowest BCUT2D eigenvalue weighted by Crippen LogP contribution is -2.25. The van der Waals surface area contributed by atoms with E-state index in [2.05, 4.69) is 20.7 Å². The van der Waals surface area contributed by atoms with Gasteiger partial charge in [-0.05, 0) is 13.0 Å². The summed E-state index contributed by atoms with van der Waals surface area (Å²) in [7, 11) is 0. The van der Waals surface area contributed by atoms with Gasteiger partial charge in [-0.25, -0.2) is 5.10 Å². The smallest absolute Gasteiger partial charge is 0.273 e. The Morgan fingerprint density at radius 2 is 2.10 bits per heavy atom. The molecular formula is C14H12N4O3. The molecule has 0 saturated carbocycles. The van der Waals surface area contributed by atoms with Gasteiger partial charge in [-0.1, -0.05) is 23.4 Å². The van der Waals surface area contributed by atoms with Gasteiger partial charge in [0.25, 0.3) is 11.5 Å². The van der Waals surface area contributed by atoms with Gasteiger partial charge in [0.05, 0.1) is 17.6 Å². The van der Waals surface area contributed by atoms with Gasteiger partial charge >= 0.3 is 0 Å². The van der Waals surface area contributed by atoms with Crippen molar-refractivity contribution in [2.75, 3.05) is 0 Å². The van der Waals surface area contributed by atoms with E-state index < -0.39 is 0 Å². The zero-order valence-corrected chi connectivity index (χ0v) is 11.2. The maximum Gasteiger partial charge on any atom is 0.273 e. The predicted octanol–water partition coefficient (Wildman–Crippen LogP) is 1.15. The van der Waals surface area contributed by atoms with Crippen molar-refractivity contribution in [3.8, 4) is 0 Å². The highest BCUT2D eigenvalue weighted by molar-refractivity contribution is 5.92. The molecule has 1 amide bonds. The summed E-state index contributed by atoms with van der Waals surface area (Å²) in [5.41, 5.74) is 0.535. The normalized spacial score (nSPS) is 10.7. The van der Waals surface area contributed by atoms with Crippen molar-refractivity contribution >= 4 is 16.7 Å². The molecule has 0 fully saturated rings.